The number of ether oxygens (including phenoxy) is 1. The summed E-state index contributed by atoms with van der Waals surface area (Å²) in [5.74, 6) is 2.56. The first-order valence-electron chi connectivity index (χ1n) is 8.13. The number of rotatable bonds is 6. The smallest absolute Gasteiger partial charge is 0.156 e. The molecular formula is C16H24N6O. The quantitative estimate of drug-likeness (QED) is 0.838. The molecule has 7 nitrogen and oxygen atoms in total. The van der Waals surface area contributed by atoms with Gasteiger partial charge >= 0.3 is 0 Å². The molecule has 2 N–H and O–H groups in total. The van der Waals surface area contributed by atoms with Gasteiger partial charge in [-0.3, -0.25) is 0 Å². The van der Waals surface area contributed by atoms with Crippen molar-refractivity contribution in [1.29, 1.82) is 0 Å². The molecule has 0 unspecified atom stereocenters. The Morgan fingerprint density at radius 1 is 1.30 bits per heavy atom. The maximum absolute atomic E-state index is 5.49. The summed E-state index contributed by atoms with van der Waals surface area (Å²) in [5, 5.41) is 3.42. The Morgan fingerprint density at radius 3 is 2.96 bits per heavy atom. The zero-order valence-electron chi connectivity index (χ0n) is 13.8. The number of hydrogen-bond donors (Lipinski definition) is 2. The molecule has 3 rings (SSSR count). The summed E-state index contributed by atoms with van der Waals surface area (Å²) in [6.45, 7) is 5.77. The van der Waals surface area contributed by atoms with Gasteiger partial charge in [0.15, 0.2) is 5.82 Å². The molecule has 2 aromatic heterocycles. The molecule has 1 aliphatic heterocycles. The zero-order valence-corrected chi connectivity index (χ0v) is 13.8. The van der Waals surface area contributed by atoms with E-state index in [4.69, 9.17) is 9.72 Å². The second-order valence-corrected chi connectivity index (χ2v) is 5.74. The third kappa shape index (κ3) is 4.05. The second-order valence-electron chi connectivity index (χ2n) is 5.74. The predicted octanol–water partition coefficient (Wildman–Crippen LogP) is 1.38. The highest BCUT2D eigenvalue weighted by Crippen LogP contribution is 2.22. The van der Waals surface area contributed by atoms with E-state index >= 15 is 0 Å². The number of aromatic amines is 1. The van der Waals surface area contributed by atoms with Crippen LogP contribution in [0.4, 0.5) is 5.82 Å². The molecule has 2 aromatic rings. The van der Waals surface area contributed by atoms with Crippen LogP contribution in [0.3, 0.4) is 0 Å². The maximum Gasteiger partial charge on any atom is 0.156 e. The number of aromatic nitrogens is 4. The van der Waals surface area contributed by atoms with E-state index in [2.05, 4.69) is 32.2 Å². The van der Waals surface area contributed by atoms with Crippen LogP contribution >= 0.6 is 0 Å². The minimum Gasteiger partial charge on any atom is -0.374 e. The van der Waals surface area contributed by atoms with Crippen LogP contribution in [0.25, 0.3) is 0 Å². The molecule has 0 aromatic carbocycles. The van der Waals surface area contributed by atoms with Crippen LogP contribution in [-0.4, -0.2) is 51.6 Å². The van der Waals surface area contributed by atoms with Gasteiger partial charge in [-0.1, -0.05) is 0 Å². The molecule has 0 aliphatic carbocycles. The Bertz CT molecular complexity index is 628. The van der Waals surface area contributed by atoms with Gasteiger partial charge in [-0.2, -0.15) is 0 Å². The highest BCUT2D eigenvalue weighted by atomic mass is 16.5. The van der Waals surface area contributed by atoms with Crippen molar-refractivity contribution in [1.82, 2.24) is 24.8 Å². The number of H-pyrrole nitrogens is 1. The van der Waals surface area contributed by atoms with Gasteiger partial charge in [-0.05, 0) is 20.4 Å². The minimum absolute atomic E-state index is 0.453. The molecule has 0 amide bonds. The number of fused-ring (bicyclic) bond motifs is 1. The first-order valence-corrected chi connectivity index (χ1v) is 8.13. The summed E-state index contributed by atoms with van der Waals surface area (Å²) in [4.78, 5) is 19.1. The van der Waals surface area contributed by atoms with E-state index in [-0.39, 0.29) is 0 Å². The molecule has 0 saturated carbocycles. The third-order valence-electron chi connectivity index (χ3n) is 4.03. The van der Waals surface area contributed by atoms with Crippen molar-refractivity contribution < 1.29 is 4.74 Å². The molecule has 0 fully saturated rings. The fourth-order valence-corrected chi connectivity index (χ4v) is 2.73. The number of likely N-dealkylation sites (N-methyl/N-ethyl adjacent to an activating group) is 1. The molecule has 23 heavy (non-hydrogen) atoms. The van der Waals surface area contributed by atoms with Crippen molar-refractivity contribution in [3.05, 3.63) is 35.3 Å². The van der Waals surface area contributed by atoms with Gasteiger partial charge in [0.05, 0.1) is 12.2 Å². The summed E-state index contributed by atoms with van der Waals surface area (Å²) >= 11 is 0. The van der Waals surface area contributed by atoms with Crippen LogP contribution < -0.4 is 5.32 Å². The van der Waals surface area contributed by atoms with Crippen molar-refractivity contribution >= 4 is 5.82 Å². The predicted molar refractivity (Wildman–Crippen MR) is 88.2 cm³/mol. The lowest BCUT2D eigenvalue weighted by Gasteiger charge is -2.14. The van der Waals surface area contributed by atoms with Crippen LogP contribution in [0.5, 0.6) is 0 Å². The van der Waals surface area contributed by atoms with E-state index < -0.39 is 0 Å². The van der Waals surface area contributed by atoms with Crippen molar-refractivity contribution in [2.24, 2.45) is 0 Å². The number of hydrogen-bond acceptors (Lipinski definition) is 6. The minimum atomic E-state index is 0.453. The lowest BCUT2D eigenvalue weighted by molar-refractivity contribution is 0.128. The van der Waals surface area contributed by atoms with E-state index in [1.807, 2.05) is 13.1 Å². The SMILES string of the molecule is CCOCc1nc2c(c(NCc3ncc[nH]3)n1)CCN(C)CC2. The van der Waals surface area contributed by atoms with E-state index in [1.54, 1.807) is 6.20 Å². The van der Waals surface area contributed by atoms with Crippen molar-refractivity contribution in [2.75, 3.05) is 32.1 Å². The Morgan fingerprint density at radius 2 is 2.17 bits per heavy atom. The summed E-state index contributed by atoms with van der Waals surface area (Å²) < 4.78 is 5.49. The highest BCUT2D eigenvalue weighted by Gasteiger charge is 2.18. The number of imidazole rings is 1. The van der Waals surface area contributed by atoms with Crippen LogP contribution in [0.2, 0.25) is 0 Å². The number of nitrogens with zero attached hydrogens (tertiary/aromatic N) is 4. The van der Waals surface area contributed by atoms with Crippen LogP contribution in [0, 0.1) is 0 Å². The lowest BCUT2D eigenvalue weighted by Crippen LogP contribution is -2.20. The summed E-state index contributed by atoms with van der Waals surface area (Å²) in [6.07, 6.45) is 5.49. The Balaban J connectivity index is 1.84. The van der Waals surface area contributed by atoms with Crippen LogP contribution in [-0.2, 0) is 30.7 Å². The van der Waals surface area contributed by atoms with Gasteiger partial charge in [0.1, 0.15) is 18.2 Å². The van der Waals surface area contributed by atoms with Gasteiger partial charge in [0.2, 0.25) is 0 Å². The number of nitrogens with one attached hydrogen (secondary N) is 2. The molecule has 0 spiro atoms. The fourth-order valence-electron chi connectivity index (χ4n) is 2.73. The lowest BCUT2D eigenvalue weighted by atomic mass is 10.1. The van der Waals surface area contributed by atoms with E-state index in [0.717, 1.165) is 49.1 Å². The normalized spacial score (nSPS) is 15.2. The van der Waals surface area contributed by atoms with Crippen molar-refractivity contribution in [2.45, 2.75) is 32.9 Å². The van der Waals surface area contributed by atoms with Gasteiger partial charge < -0.3 is 19.9 Å². The Labute approximate surface area is 136 Å². The van der Waals surface area contributed by atoms with E-state index in [1.165, 1.54) is 5.56 Å². The molecule has 0 saturated heterocycles. The molecule has 7 heteroatoms. The summed E-state index contributed by atoms with van der Waals surface area (Å²) in [5.41, 5.74) is 2.36. The monoisotopic (exact) mass is 316 g/mol. The molecule has 1 aliphatic rings. The topological polar surface area (TPSA) is 79.0 Å². The first kappa shape index (κ1) is 15.9. The molecule has 3 heterocycles. The van der Waals surface area contributed by atoms with Crippen molar-refractivity contribution in [3.8, 4) is 0 Å². The second kappa shape index (κ2) is 7.52. The summed E-state index contributed by atoms with van der Waals surface area (Å²) in [6, 6.07) is 0. The van der Waals surface area contributed by atoms with E-state index in [9.17, 15) is 0 Å². The first-order chi connectivity index (χ1) is 11.3. The van der Waals surface area contributed by atoms with Gasteiger partial charge in [0.25, 0.3) is 0 Å². The average molecular weight is 316 g/mol. The van der Waals surface area contributed by atoms with Crippen LogP contribution in [0.1, 0.15) is 29.8 Å². The standard InChI is InChI=1S/C16H24N6O/c1-3-23-11-15-20-13-5-9-22(2)8-4-12(13)16(21-15)19-10-14-17-6-7-18-14/h6-7H,3-5,8-11H2,1-2H3,(H,17,18)(H,19,20,21). The average Bonchev–Trinajstić information content (AvgIpc) is 3.01. The van der Waals surface area contributed by atoms with Gasteiger partial charge in [-0.25, -0.2) is 15.0 Å². The highest BCUT2D eigenvalue weighted by molar-refractivity contribution is 5.47. The van der Waals surface area contributed by atoms with Crippen LogP contribution in [0.15, 0.2) is 12.4 Å². The summed E-state index contributed by atoms with van der Waals surface area (Å²) in [7, 11) is 2.15. The molecule has 124 valence electrons. The third-order valence-corrected chi connectivity index (χ3v) is 4.03. The fraction of sp³-hybridized carbons (Fsp3) is 0.562. The zero-order chi connectivity index (χ0) is 16.1. The molecule has 0 atom stereocenters. The Hall–Kier alpha value is -1.99. The largest absolute Gasteiger partial charge is 0.374 e. The Kier molecular flexibility index (Phi) is 5.19. The van der Waals surface area contributed by atoms with Crippen molar-refractivity contribution in [3.63, 3.8) is 0 Å². The van der Waals surface area contributed by atoms with Gasteiger partial charge in [0, 0.05) is 44.1 Å². The van der Waals surface area contributed by atoms with E-state index in [0.29, 0.717) is 19.8 Å². The maximum atomic E-state index is 5.49. The molecule has 0 bridgehead atoms. The molecular weight excluding hydrogens is 292 g/mol. The van der Waals surface area contributed by atoms with Gasteiger partial charge in [-0.15, -0.1) is 0 Å². The molecule has 0 radical (unpaired) electrons. The number of anilines is 1.